The van der Waals surface area contributed by atoms with Gasteiger partial charge in [-0.3, -0.25) is 4.57 Å². The maximum atomic E-state index is 14.4. The van der Waals surface area contributed by atoms with E-state index in [4.69, 9.17) is 16.2 Å². The minimum atomic E-state index is -1.80. The topological polar surface area (TPSA) is 145 Å². The van der Waals surface area contributed by atoms with Gasteiger partial charge in [-0.2, -0.15) is 0 Å². The van der Waals surface area contributed by atoms with Crippen LogP contribution >= 0.6 is 0 Å². The molecule has 21 heavy (non-hydrogen) atoms. The smallest absolute Gasteiger partial charge is 0.174 e. The van der Waals surface area contributed by atoms with Crippen molar-refractivity contribution >= 4 is 17.0 Å². The Bertz CT molecular complexity index is 660. The van der Waals surface area contributed by atoms with Crippen LogP contribution < -0.4 is 11.5 Å². The van der Waals surface area contributed by atoms with Crippen molar-refractivity contribution in [1.82, 2.24) is 19.5 Å². The third kappa shape index (κ3) is 1.87. The lowest BCUT2D eigenvalue weighted by molar-refractivity contribution is -0.120. The number of ether oxygens (including phenoxy) is 1. The molecule has 1 aliphatic rings. The van der Waals surface area contributed by atoms with Gasteiger partial charge in [0, 0.05) is 6.54 Å². The second-order valence-corrected chi connectivity index (χ2v) is 4.91. The molecule has 1 aliphatic heterocycles. The number of halogens is 1. The van der Waals surface area contributed by atoms with E-state index >= 15 is 0 Å². The van der Waals surface area contributed by atoms with Crippen LogP contribution in [0.25, 0.3) is 11.2 Å². The Kier molecular flexibility index (Phi) is 3.24. The van der Waals surface area contributed by atoms with Crippen LogP contribution in [0.4, 0.5) is 10.2 Å². The summed E-state index contributed by atoms with van der Waals surface area (Å²) >= 11 is 0. The first-order chi connectivity index (χ1) is 10.0. The molecule has 0 bridgehead atoms. The molecule has 0 amide bonds. The summed E-state index contributed by atoms with van der Waals surface area (Å²) in [6, 6.07) is 0. The van der Waals surface area contributed by atoms with E-state index in [1.54, 1.807) is 0 Å². The van der Waals surface area contributed by atoms with Crippen LogP contribution in [-0.2, 0) is 4.74 Å². The lowest BCUT2D eigenvalue weighted by Crippen LogP contribution is -2.51. The number of aliphatic hydroxyl groups excluding tert-OH is 2. The molecule has 114 valence electrons. The molecule has 0 radical (unpaired) electrons. The number of nitrogens with zero attached hydrogens (tertiary/aromatic N) is 4. The van der Waals surface area contributed by atoms with Gasteiger partial charge in [0.25, 0.3) is 0 Å². The van der Waals surface area contributed by atoms with Gasteiger partial charge in [0.05, 0.1) is 12.9 Å². The number of nitrogens with two attached hydrogens (primary N) is 2. The number of anilines is 1. The number of alkyl halides is 1. The van der Waals surface area contributed by atoms with E-state index in [0.29, 0.717) is 5.52 Å². The van der Waals surface area contributed by atoms with Crippen molar-refractivity contribution in [3.8, 4) is 0 Å². The molecule has 0 spiro atoms. The van der Waals surface area contributed by atoms with E-state index in [2.05, 4.69) is 15.0 Å². The molecular formula is C11H15FN6O3. The molecular weight excluding hydrogens is 283 g/mol. The van der Waals surface area contributed by atoms with Crippen LogP contribution in [0.15, 0.2) is 12.7 Å². The molecule has 4 unspecified atom stereocenters. The van der Waals surface area contributed by atoms with E-state index in [-0.39, 0.29) is 18.0 Å². The van der Waals surface area contributed by atoms with Gasteiger partial charge in [0.2, 0.25) is 0 Å². The average molecular weight is 298 g/mol. The van der Waals surface area contributed by atoms with Crippen LogP contribution in [0.3, 0.4) is 0 Å². The number of hydrogen-bond donors (Lipinski definition) is 4. The molecule has 0 aromatic carbocycles. The van der Waals surface area contributed by atoms with Gasteiger partial charge in [0.1, 0.15) is 23.5 Å². The van der Waals surface area contributed by atoms with Crippen molar-refractivity contribution in [1.29, 1.82) is 0 Å². The van der Waals surface area contributed by atoms with Crippen molar-refractivity contribution in [3.63, 3.8) is 0 Å². The van der Waals surface area contributed by atoms with Crippen molar-refractivity contribution < 1.29 is 19.3 Å². The molecule has 1 fully saturated rings. The predicted octanol–water partition coefficient (Wildman–Crippen LogP) is -1.67. The molecule has 2 aromatic rings. The van der Waals surface area contributed by atoms with E-state index in [1.807, 2.05) is 0 Å². The molecule has 3 rings (SSSR count). The Labute approximate surface area is 118 Å². The van der Waals surface area contributed by atoms with Gasteiger partial charge in [-0.05, 0) is 0 Å². The van der Waals surface area contributed by atoms with Crippen LogP contribution in [0.1, 0.15) is 6.23 Å². The predicted molar refractivity (Wildman–Crippen MR) is 69.6 cm³/mol. The second-order valence-electron chi connectivity index (χ2n) is 4.91. The summed E-state index contributed by atoms with van der Waals surface area (Å²) in [7, 11) is 0. The molecule has 9 nitrogen and oxygen atoms in total. The summed E-state index contributed by atoms with van der Waals surface area (Å²) in [6.45, 7) is -0.837. The maximum absolute atomic E-state index is 14.4. The van der Waals surface area contributed by atoms with Crippen molar-refractivity contribution in [2.45, 2.75) is 24.1 Å². The number of rotatable bonds is 3. The first-order valence-corrected chi connectivity index (χ1v) is 6.28. The number of hydrogen-bond acceptors (Lipinski definition) is 8. The summed E-state index contributed by atoms with van der Waals surface area (Å²) in [5.41, 5.74) is 10.2. The zero-order valence-corrected chi connectivity index (χ0v) is 10.9. The molecule has 0 saturated carbocycles. The fraction of sp³-hybridized carbons (Fsp3) is 0.545. The van der Waals surface area contributed by atoms with Gasteiger partial charge in [-0.15, -0.1) is 0 Å². The largest absolute Gasteiger partial charge is 0.393 e. The van der Waals surface area contributed by atoms with Gasteiger partial charge in [-0.1, -0.05) is 0 Å². The van der Waals surface area contributed by atoms with Gasteiger partial charge in [-0.25, -0.2) is 19.3 Å². The highest BCUT2D eigenvalue weighted by molar-refractivity contribution is 5.81. The molecule has 4 atom stereocenters. The second kappa shape index (κ2) is 4.84. The quantitative estimate of drug-likeness (QED) is 0.526. The first-order valence-electron chi connectivity index (χ1n) is 6.28. The molecule has 6 N–H and O–H groups in total. The SMILES string of the molecule is NCC1(CO)OC(n2cnc3c(N)ncnc32)C(F)C1O. The fourth-order valence-corrected chi connectivity index (χ4v) is 2.45. The number of nitrogen functional groups attached to an aromatic ring is 1. The van der Waals surface area contributed by atoms with Crippen LogP contribution in [0, 0.1) is 0 Å². The summed E-state index contributed by atoms with van der Waals surface area (Å²) in [5, 5.41) is 19.3. The molecule has 1 saturated heterocycles. The Morgan fingerprint density at radius 2 is 2.19 bits per heavy atom. The van der Waals surface area contributed by atoms with Crippen LogP contribution in [0.2, 0.25) is 0 Å². The van der Waals surface area contributed by atoms with Crippen LogP contribution in [-0.4, -0.2) is 60.8 Å². The zero-order valence-electron chi connectivity index (χ0n) is 10.9. The van der Waals surface area contributed by atoms with E-state index in [0.717, 1.165) is 0 Å². The molecule has 0 aliphatic carbocycles. The third-order valence-corrected chi connectivity index (χ3v) is 3.74. The Morgan fingerprint density at radius 3 is 2.81 bits per heavy atom. The van der Waals surface area contributed by atoms with Crippen LogP contribution in [0.5, 0.6) is 0 Å². The van der Waals surface area contributed by atoms with Gasteiger partial charge < -0.3 is 26.4 Å². The van der Waals surface area contributed by atoms with Crippen molar-refractivity contribution in [3.05, 3.63) is 12.7 Å². The molecule has 10 heteroatoms. The lowest BCUT2D eigenvalue weighted by Gasteiger charge is -2.27. The first kappa shape index (κ1) is 14.1. The number of aromatic nitrogens is 4. The maximum Gasteiger partial charge on any atom is 0.174 e. The molecule has 2 aromatic heterocycles. The minimum Gasteiger partial charge on any atom is -0.393 e. The number of imidazole rings is 1. The highest BCUT2D eigenvalue weighted by Crippen LogP contribution is 2.39. The highest BCUT2D eigenvalue weighted by atomic mass is 19.1. The standard InChI is InChI=1S/C11H15FN6O3/c12-5-7(20)11(1-13,2-19)21-10(5)18-4-17-6-8(14)15-3-16-9(6)18/h3-5,7,10,19-20H,1-2,13H2,(H2,14,15,16). The third-order valence-electron chi connectivity index (χ3n) is 3.74. The van der Waals surface area contributed by atoms with E-state index in [9.17, 15) is 14.6 Å². The number of aliphatic hydroxyl groups is 2. The van der Waals surface area contributed by atoms with Crippen molar-refractivity contribution in [2.75, 3.05) is 18.9 Å². The zero-order chi connectivity index (χ0) is 15.2. The van der Waals surface area contributed by atoms with E-state index < -0.39 is 30.7 Å². The monoisotopic (exact) mass is 298 g/mol. The summed E-state index contributed by atoms with van der Waals surface area (Å²) in [5.74, 6) is 0.153. The van der Waals surface area contributed by atoms with E-state index in [1.165, 1.54) is 17.2 Å². The summed E-state index contributed by atoms with van der Waals surface area (Å²) < 4.78 is 21.2. The average Bonchev–Trinajstić information content (AvgIpc) is 3.02. The van der Waals surface area contributed by atoms with Gasteiger partial charge >= 0.3 is 0 Å². The Morgan fingerprint density at radius 1 is 1.43 bits per heavy atom. The number of fused-ring (bicyclic) bond motifs is 1. The summed E-state index contributed by atoms with van der Waals surface area (Å²) in [6.07, 6.45) is -2.06. The van der Waals surface area contributed by atoms with Gasteiger partial charge in [0.15, 0.2) is 23.9 Å². The fourth-order valence-electron chi connectivity index (χ4n) is 2.45. The minimum absolute atomic E-state index is 0.153. The normalized spacial score (nSPS) is 32.9. The highest BCUT2D eigenvalue weighted by Gasteiger charge is 2.55. The van der Waals surface area contributed by atoms with Crippen molar-refractivity contribution in [2.24, 2.45) is 5.73 Å². The lowest BCUT2D eigenvalue weighted by atomic mass is 9.97. The Hall–Kier alpha value is -1.88. The Balaban J connectivity index is 2.06. The molecule has 3 heterocycles. The summed E-state index contributed by atoms with van der Waals surface area (Å²) in [4.78, 5) is 11.8.